The van der Waals surface area contributed by atoms with Gasteiger partial charge in [0.1, 0.15) is 17.6 Å². The minimum atomic E-state index is 0.518. The van der Waals surface area contributed by atoms with E-state index >= 15 is 0 Å². The molecule has 0 saturated carbocycles. The van der Waals surface area contributed by atoms with Crippen molar-refractivity contribution in [3.63, 3.8) is 0 Å². The average molecular weight is 298 g/mol. The van der Waals surface area contributed by atoms with Crippen LogP contribution in [0.15, 0.2) is 18.2 Å². The zero-order chi connectivity index (χ0) is 15.4. The topological polar surface area (TPSA) is 43.2 Å². The molecule has 1 atom stereocenters. The molecule has 0 bridgehead atoms. The molecule has 2 aliphatic heterocycles. The van der Waals surface area contributed by atoms with E-state index in [9.17, 15) is 0 Å². The summed E-state index contributed by atoms with van der Waals surface area (Å²) in [5.74, 6) is 2.60. The number of nitriles is 1. The van der Waals surface area contributed by atoms with Crippen LogP contribution in [-0.4, -0.2) is 42.6 Å². The minimum absolute atomic E-state index is 0.518. The summed E-state index contributed by atoms with van der Waals surface area (Å²) in [6.45, 7) is 8.26. The Labute approximate surface area is 133 Å². The van der Waals surface area contributed by atoms with Crippen molar-refractivity contribution in [3.05, 3.63) is 23.9 Å². The molecule has 0 aromatic carbocycles. The number of pyridine rings is 1. The Morgan fingerprint density at radius 2 is 2.05 bits per heavy atom. The van der Waals surface area contributed by atoms with E-state index in [2.05, 4.69) is 27.8 Å². The fourth-order valence-electron chi connectivity index (χ4n) is 3.69. The first-order valence-electron chi connectivity index (χ1n) is 8.59. The highest BCUT2D eigenvalue weighted by atomic mass is 15.2. The van der Waals surface area contributed by atoms with Gasteiger partial charge in [0.15, 0.2) is 0 Å². The third-order valence-corrected chi connectivity index (χ3v) is 5.08. The van der Waals surface area contributed by atoms with Crippen molar-refractivity contribution >= 4 is 5.82 Å². The molecule has 3 heterocycles. The van der Waals surface area contributed by atoms with Crippen LogP contribution in [0.25, 0.3) is 0 Å². The van der Waals surface area contributed by atoms with Crippen molar-refractivity contribution in [2.45, 2.75) is 32.6 Å². The molecule has 0 spiro atoms. The van der Waals surface area contributed by atoms with E-state index in [1.165, 1.54) is 45.3 Å². The van der Waals surface area contributed by atoms with Crippen LogP contribution in [0.4, 0.5) is 5.82 Å². The summed E-state index contributed by atoms with van der Waals surface area (Å²) in [6, 6.07) is 7.89. The number of piperidine rings is 2. The van der Waals surface area contributed by atoms with Gasteiger partial charge in [0, 0.05) is 19.6 Å². The average Bonchev–Trinajstić information content (AvgIpc) is 2.57. The van der Waals surface area contributed by atoms with Crippen molar-refractivity contribution in [3.8, 4) is 6.07 Å². The van der Waals surface area contributed by atoms with Gasteiger partial charge in [-0.1, -0.05) is 13.0 Å². The summed E-state index contributed by atoms with van der Waals surface area (Å²) in [5.41, 5.74) is 0.518. The van der Waals surface area contributed by atoms with Crippen LogP contribution in [0.1, 0.15) is 38.3 Å². The maximum atomic E-state index is 9.01. The highest BCUT2D eigenvalue weighted by Crippen LogP contribution is 2.24. The number of hydrogen-bond acceptors (Lipinski definition) is 4. The maximum Gasteiger partial charge on any atom is 0.142 e. The monoisotopic (exact) mass is 298 g/mol. The molecule has 1 unspecified atom stereocenters. The van der Waals surface area contributed by atoms with Gasteiger partial charge in [-0.15, -0.1) is 0 Å². The standard InChI is InChI=1S/C18H26N4/c1-15-7-10-21(11-8-15)13-16-4-3-9-22(14-16)18-6-2-5-17(12-19)20-18/h2,5-6,15-16H,3-4,7-11,13-14H2,1H3. The summed E-state index contributed by atoms with van der Waals surface area (Å²) in [7, 11) is 0. The second kappa shape index (κ2) is 7.11. The van der Waals surface area contributed by atoms with Gasteiger partial charge in [0.05, 0.1) is 0 Å². The lowest BCUT2D eigenvalue weighted by Gasteiger charge is -2.38. The van der Waals surface area contributed by atoms with E-state index in [1.54, 1.807) is 6.07 Å². The highest BCUT2D eigenvalue weighted by Gasteiger charge is 2.24. The molecule has 2 fully saturated rings. The summed E-state index contributed by atoms with van der Waals surface area (Å²) >= 11 is 0. The largest absolute Gasteiger partial charge is 0.356 e. The Hall–Kier alpha value is -1.60. The second-order valence-corrected chi connectivity index (χ2v) is 6.93. The third-order valence-electron chi connectivity index (χ3n) is 5.08. The Morgan fingerprint density at radius 3 is 2.82 bits per heavy atom. The minimum Gasteiger partial charge on any atom is -0.356 e. The molecule has 2 saturated heterocycles. The fourth-order valence-corrected chi connectivity index (χ4v) is 3.69. The van der Waals surface area contributed by atoms with Crippen molar-refractivity contribution in [1.29, 1.82) is 5.26 Å². The van der Waals surface area contributed by atoms with E-state index in [4.69, 9.17) is 5.26 Å². The van der Waals surface area contributed by atoms with Crippen LogP contribution in [0.2, 0.25) is 0 Å². The summed E-state index contributed by atoms with van der Waals surface area (Å²) < 4.78 is 0. The van der Waals surface area contributed by atoms with Gasteiger partial charge in [-0.2, -0.15) is 5.26 Å². The van der Waals surface area contributed by atoms with Crippen LogP contribution in [-0.2, 0) is 0 Å². The molecule has 4 heteroatoms. The zero-order valence-corrected chi connectivity index (χ0v) is 13.5. The Morgan fingerprint density at radius 1 is 1.23 bits per heavy atom. The number of hydrogen-bond donors (Lipinski definition) is 0. The Balaban J connectivity index is 1.58. The molecule has 1 aromatic heterocycles. The van der Waals surface area contributed by atoms with E-state index in [0.29, 0.717) is 5.69 Å². The molecular formula is C18H26N4. The third kappa shape index (κ3) is 3.78. The van der Waals surface area contributed by atoms with Gasteiger partial charge in [-0.05, 0) is 62.7 Å². The van der Waals surface area contributed by atoms with Crippen molar-refractivity contribution in [2.75, 3.05) is 37.6 Å². The predicted octanol–water partition coefficient (Wildman–Crippen LogP) is 2.90. The lowest BCUT2D eigenvalue weighted by atomic mass is 9.94. The molecule has 1 aromatic rings. The quantitative estimate of drug-likeness (QED) is 0.860. The van der Waals surface area contributed by atoms with E-state index in [1.807, 2.05) is 12.1 Å². The van der Waals surface area contributed by atoms with Crippen molar-refractivity contribution in [2.24, 2.45) is 11.8 Å². The van der Waals surface area contributed by atoms with Crippen molar-refractivity contribution in [1.82, 2.24) is 9.88 Å². The van der Waals surface area contributed by atoms with Gasteiger partial charge in [-0.3, -0.25) is 0 Å². The lowest BCUT2D eigenvalue weighted by molar-refractivity contribution is 0.159. The summed E-state index contributed by atoms with van der Waals surface area (Å²) in [6.07, 6.45) is 5.25. The fraction of sp³-hybridized carbons (Fsp3) is 0.667. The summed E-state index contributed by atoms with van der Waals surface area (Å²) in [5, 5.41) is 9.01. The molecule has 118 valence electrons. The maximum absolute atomic E-state index is 9.01. The van der Waals surface area contributed by atoms with Crippen LogP contribution in [0.3, 0.4) is 0 Å². The van der Waals surface area contributed by atoms with Gasteiger partial charge in [-0.25, -0.2) is 4.98 Å². The molecule has 0 N–H and O–H groups in total. The first-order valence-corrected chi connectivity index (χ1v) is 8.59. The molecule has 2 aliphatic rings. The molecule has 0 amide bonds. The molecule has 0 radical (unpaired) electrons. The van der Waals surface area contributed by atoms with Gasteiger partial charge >= 0.3 is 0 Å². The number of likely N-dealkylation sites (tertiary alicyclic amines) is 1. The van der Waals surface area contributed by atoms with Gasteiger partial charge in [0.2, 0.25) is 0 Å². The summed E-state index contributed by atoms with van der Waals surface area (Å²) in [4.78, 5) is 9.47. The number of anilines is 1. The lowest BCUT2D eigenvalue weighted by Crippen LogP contribution is -2.43. The number of aromatic nitrogens is 1. The van der Waals surface area contributed by atoms with E-state index < -0.39 is 0 Å². The van der Waals surface area contributed by atoms with Crippen LogP contribution in [0.5, 0.6) is 0 Å². The molecule has 0 aliphatic carbocycles. The smallest absolute Gasteiger partial charge is 0.142 e. The van der Waals surface area contributed by atoms with Gasteiger partial charge < -0.3 is 9.80 Å². The Kier molecular flexibility index (Phi) is 4.94. The normalized spacial score (nSPS) is 24.2. The number of nitrogens with zero attached hydrogens (tertiary/aromatic N) is 4. The predicted molar refractivity (Wildman–Crippen MR) is 88.7 cm³/mol. The van der Waals surface area contributed by atoms with Crippen LogP contribution < -0.4 is 4.90 Å². The number of rotatable bonds is 3. The SMILES string of the molecule is CC1CCN(CC2CCCN(c3cccc(C#N)n3)C2)CC1. The first-order chi connectivity index (χ1) is 10.7. The molecule has 22 heavy (non-hydrogen) atoms. The molecule has 4 nitrogen and oxygen atoms in total. The molecular weight excluding hydrogens is 272 g/mol. The molecule has 3 rings (SSSR count). The van der Waals surface area contributed by atoms with Crippen molar-refractivity contribution < 1.29 is 0 Å². The van der Waals surface area contributed by atoms with Crippen LogP contribution >= 0.6 is 0 Å². The second-order valence-electron chi connectivity index (χ2n) is 6.93. The Bertz CT molecular complexity index is 528. The van der Waals surface area contributed by atoms with Gasteiger partial charge in [0.25, 0.3) is 0 Å². The first kappa shape index (κ1) is 15.3. The highest BCUT2D eigenvalue weighted by molar-refractivity contribution is 5.42. The zero-order valence-electron chi connectivity index (χ0n) is 13.5. The van der Waals surface area contributed by atoms with E-state index in [0.717, 1.165) is 30.7 Å². The van der Waals surface area contributed by atoms with Crippen LogP contribution in [0, 0.1) is 23.2 Å². The van der Waals surface area contributed by atoms with E-state index in [-0.39, 0.29) is 0 Å².